The Morgan fingerprint density at radius 1 is 1.27 bits per heavy atom. The molecule has 0 bridgehead atoms. The second kappa shape index (κ2) is 7.81. The van der Waals surface area contributed by atoms with E-state index < -0.39 is 11.9 Å². The zero-order valence-corrected chi connectivity index (χ0v) is 13.2. The van der Waals surface area contributed by atoms with Crippen molar-refractivity contribution in [2.75, 3.05) is 12.3 Å². The molecule has 0 saturated heterocycles. The zero-order valence-electron chi connectivity index (χ0n) is 11.6. The van der Waals surface area contributed by atoms with Gasteiger partial charge in [-0.3, -0.25) is 10.1 Å². The van der Waals surface area contributed by atoms with Crippen molar-refractivity contribution in [1.29, 1.82) is 0 Å². The molecule has 22 heavy (non-hydrogen) atoms. The number of halogens is 1. The molecule has 2 N–H and O–H groups in total. The van der Waals surface area contributed by atoms with Crippen molar-refractivity contribution >= 4 is 35.3 Å². The van der Waals surface area contributed by atoms with Crippen LogP contribution in [0.15, 0.2) is 33.9 Å². The molecule has 1 aromatic carbocycles. The molecule has 1 heterocycles. The second-order valence-electron chi connectivity index (χ2n) is 4.08. The minimum Gasteiger partial charge on any atom is -0.411 e. The molecule has 0 aliphatic rings. The van der Waals surface area contributed by atoms with Gasteiger partial charge in [0.25, 0.3) is 5.22 Å². The zero-order chi connectivity index (χ0) is 15.9. The molecule has 116 valence electrons. The fraction of sp³-hybridized carbons (Fsp3) is 0.231. The summed E-state index contributed by atoms with van der Waals surface area (Å²) in [5.74, 6) is -0.107. The predicted octanol–water partition coefficient (Wildman–Crippen LogP) is 2.33. The van der Waals surface area contributed by atoms with Crippen LogP contribution in [0.2, 0.25) is 5.02 Å². The van der Waals surface area contributed by atoms with Crippen LogP contribution >= 0.6 is 23.4 Å². The molecule has 0 radical (unpaired) electrons. The van der Waals surface area contributed by atoms with Crippen molar-refractivity contribution in [3.63, 3.8) is 0 Å². The van der Waals surface area contributed by atoms with Gasteiger partial charge < -0.3 is 9.73 Å². The number of nitrogens with zero attached hydrogens (tertiary/aromatic N) is 2. The Bertz CT molecular complexity index is 660. The van der Waals surface area contributed by atoms with Crippen molar-refractivity contribution in [2.24, 2.45) is 0 Å². The summed E-state index contributed by atoms with van der Waals surface area (Å²) in [6.45, 7) is 2.20. The quantitative estimate of drug-likeness (QED) is 0.811. The van der Waals surface area contributed by atoms with Gasteiger partial charge in [-0.15, -0.1) is 10.2 Å². The number of carbonyl (C=O) groups excluding carboxylic acids is 2. The number of hydrogen-bond donors (Lipinski definition) is 2. The van der Waals surface area contributed by atoms with Crippen LogP contribution in [0, 0.1) is 0 Å². The van der Waals surface area contributed by atoms with Gasteiger partial charge in [0.15, 0.2) is 0 Å². The fourth-order valence-electron chi connectivity index (χ4n) is 1.47. The number of amides is 3. The Kier molecular flexibility index (Phi) is 5.79. The van der Waals surface area contributed by atoms with Crippen molar-refractivity contribution < 1.29 is 14.0 Å². The molecule has 0 spiro atoms. The van der Waals surface area contributed by atoms with Gasteiger partial charge >= 0.3 is 6.03 Å². The molecule has 2 aromatic rings. The molecule has 9 heteroatoms. The smallest absolute Gasteiger partial charge is 0.321 e. The summed E-state index contributed by atoms with van der Waals surface area (Å²) in [5.41, 5.74) is 0.732. The van der Waals surface area contributed by atoms with Gasteiger partial charge in [0.1, 0.15) is 0 Å². The normalized spacial score (nSPS) is 10.3. The van der Waals surface area contributed by atoms with E-state index >= 15 is 0 Å². The number of urea groups is 1. The van der Waals surface area contributed by atoms with E-state index in [0.717, 1.165) is 17.3 Å². The number of thioether (sulfide) groups is 1. The highest BCUT2D eigenvalue weighted by atomic mass is 35.5. The topological polar surface area (TPSA) is 97.1 Å². The van der Waals surface area contributed by atoms with E-state index in [9.17, 15) is 9.59 Å². The minimum absolute atomic E-state index is 0.000610. The maximum Gasteiger partial charge on any atom is 0.321 e. The van der Waals surface area contributed by atoms with Crippen molar-refractivity contribution in [2.45, 2.75) is 12.1 Å². The van der Waals surface area contributed by atoms with Crippen LogP contribution in [0.25, 0.3) is 11.5 Å². The maximum absolute atomic E-state index is 11.5. The Balaban J connectivity index is 1.88. The van der Waals surface area contributed by atoms with Crippen molar-refractivity contribution in [3.8, 4) is 11.5 Å². The summed E-state index contributed by atoms with van der Waals surface area (Å²) in [5, 5.41) is 13.2. The van der Waals surface area contributed by atoms with E-state index in [2.05, 4.69) is 20.8 Å². The molecule has 7 nitrogen and oxygen atoms in total. The number of aromatic nitrogens is 2. The highest BCUT2D eigenvalue weighted by Crippen LogP contribution is 2.24. The monoisotopic (exact) mass is 340 g/mol. The van der Waals surface area contributed by atoms with Crippen LogP contribution in [0.1, 0.15) is 6.92 Å². The Morgan fingerprint density at radius 3 is 2.68 bits per heavy atom. The van der Waals surface area contributed by atoms with Gasteiger partial charge in [-0.2, -0.15) is 0 Å². The molecule has 0 unspecified atom stereocenters. The molecule has 0 aliphatic heterocycles. The fourth-order valence-corrected chi connectivity index (χ4v) is 2.16. The first-order chi connectivity index (χ1) is 10.6. The Morgan fingerprint density at radius 2 is 2.00 bits per heavy atom. The van der Waals surface area contributed by atoms with Crippen LogP contribution in [-0.2, 0) is 4.79 Å². The number of hydrogen-bond acceptors (Lipinski definition) is 6. The molecule has 0 fully saturated rings. The lowest BCUT2D eigenvalue weighted by molar-refractivity contribution is -0.117. The Labute approximate surface area is 135 Å². The molecule has 3 amide bonds. The lowest BCUT2D eigenvalue weighted by Gasteiger charge is -2.02. The average Bonchev–Trinajstić information content (AvgIpc) is 2.95. The number of nitrogens with one attached hydrogen (secondary N) is 2. The first kappa shape index (κ1) is 16.3. The van der Waals surface area contributed by atoms with Crippen LogP contribution in [-0.4, -0.2) is 34.4 Å². The van der Waals surface area contributed by atoms with Crippen LogP contribution in [0.5, 0.6) is 0 Å². The largest absolute Gasteiger partial charge is 0.411 e. The second-order valence-corrected chi connectivity index (χ2v) is 5.44. The van der Waals surface area contributed by atoms with Gasteiger partial charge in [-0.1, -0.05) is 23.4 Å². The third-order valence-corrected chi connectivity index (χ3v) is 3.49. The SMILES string of the molecule is CCNC(=O)NC(=O)CSc1nnc(-c2ccc(Cl)cc2)o1. The minimum atomic E-state index is -0.527. The van der Waals surface area contributed by atoms with Gasteiger partial charge in [-0.05, 0) is 31.2 Å². The van der Waals surface area contributed by atoms with E-state index in [0.29, 0.717) is 17.5 Å². The number of carbonyl (C=O) groups is 2. The molecule has 0 aliphatic carbocycles. The first-order valence-corrected chi connectivity index (χ1v) is 7.74. The summed E-state index contributed by atoms with van der Waals surface area (Å²) in [7, 11) is 0. The third-order valence-electron chi connectivity index (χ3n) is 2.41. The predicted molar refractivity (Wildman–Crippen MR) is 82.7 cm³/mol. The first-order valence-electron chi connectivity index (χ1n) is 6.38. The lowest BCUT2D eigenvalue weighted by atomic mass is 10.2. The number of rotatable bonds is 5. The maximum atomic E-state index is 11.5. The van der Waals surface area contributed by atoms with E-state index in [1.165, 1.54) is 0 Å². The van der Waals surface area contributed by atoms with Crippen molar-refractivity contribution in [1.82, 2.24) is 20.8 Å². The van der Waals surface area contributed by atoms with Crippen molar-refractivity contribution in [3.05, 3.63) is 29.3 Å². The molecule has 0 saturated carbocycles. The van der Waals surface area contributed by atoms with Gasteiger partial charge in [0.05, 0.1) is 5.75 Å². The molecular formula is C13H13ClN4O3S. The summed E-state index contributed by atoms with van der Waals surface area (Å²) >= 11 is 6.85. The molecular weight excluding hydrogens is 328 g/mol. The standard InChI is InChI=1S/C13H13ClN4O3S/c1-2-15-12(20)16-10(19)7-22-13-18-17-11(21-13)8-3-5-9(14)6-4-8/h3-6H,2,7H2,1H3,(H2,15,16,19,20). The summed E-state index contributed by atoms with van der Waals surface area (Å²) < 4.78 is 5.43. The molecule has 0 atom stereocenters. The van der Waals surface area contributed by atoms with E-state index in [1.807, 2.05) is 0 Å². The average molecular weight is 341 g/mol. The number of benzene rings is 1. The Hall–Kier alpha value is -2.06. The third kappa shape index (κ3) is 4.74. The summed E-state index contributed by atoms with van der Waals surface area (Å²) in [6.07, 6.45) is 0. The van der Waals surface area contributed by atoms with E-state index in [-0.39, 0.29) is 11.0 Å². The highest BCUT2D eigenvalue weighted by Gasteiger charge is 2.12. The molecule has 2 rings (SSSR count). The van der Waals surface area contributed by atoms with Crippen LogP contribution in [0.4, 0.5) is 4.79 Å². The number of imide groups is 1. The van der Waals surface area contributed by atoms with Gasteiger partial charge in [0.2, 0.25) is 11.8 Å². The van der Waals surface area contributed by atoms with E-state index in [1.54, 1.807) is 31.2 Å². The lowest BCUT2D eigenvalue weighted by Crippen LogP contribution is -2.40. The van der Waals surface area contributed by atoms with E-state index in [4.69, 9.17) is 16.0 Å². The molecule has 1 aromatic heterocycles. The summed E-state index contributed by atoms with van der Waals surface area (Å²) in [6, 6.07) is 6.42. The van der Waals surface area contributed by atoms with Gasteiger partial charge in [0, 0.05) is 17.1 Å². The van der Waals surface area contributed by atoms with Gasteiger partial charge in [-0.25, -0.2) is 4.79 Å². The van der Waals surface area contributed by atoms with Crippen LogP contribution < -0.4 is 10.6 Å². The van der Waals surface area contributed by atoms with Crippen LogP contribution in [0.3, 0.4) is 0 Å². The highest BCUT2D eigenvalue weighted by molar-refractivity contribution is 7.99. The summed E-state index contributed by atoms with van der Waals surface area (Å²) in [4.78, 5) is 22.7.